The Morgan fingerprint density at radius 2 is 1.96 bits per heavy atom. The van der Waals surface area contributed by atoms with Crippen molar-refractivity contribution in [2.45, 2.75) is 27.4 Å². The molecule has 0 spiro atoms. The number of benzene rings is 1. The minimum Gasteiger partial charge on any atom is -0.416 e. The fraction of sp³-hybridized carbons (Fsp3) is 0.333. The molecule has 1 heterocycles. The van der Waals surface area contributed by atoms with E-state index in [2.05, 4.69) is 25.8 Å². The van der Waals surface area contributed by atoms with Crippen molar-refractivity contribution in [2.75, 3.05) is 0 Å². The molecule has 0 fully saturated rings. The number of halogens is 3. The largest absolute Gasteiger partial charge is 0.416 e. The lowest BCUT2D eigenvalue weighted by molar-refractivity contribution is -0.0558. The van der Waals surface area contributed by atoms with Crippen molar-refractivity contribution in [1.82, 2.24) is 9.78 Å². The van der Waals surface area contributed by atoms with Crippen molar-refractivity contribution in [3.05, 3.63) is 32.8 Å². The maximum absolute atomic E-state index is 12.5. The number of aromatic nitrogens is 2. The van der Waals surface area contributed by atoms with Crippen LogP contribution in [-0.4, -0.2) is 21.4 Å². The number of hydrogen-bond acceptors (Lipinski definition) is 3. The van der Waals surface area contributed by atoms with Crippen molar-refractivity contribution in [3.8, 4) is 17.1 Å². The number of nitrogens with two attached hydrogens (primary N) is 1. The van der Waals surface area contributed by atoms with Crippen LogP contribution in [0, 0.1) is 20.8 Å². The van der Waals surface area contributed by atoms with E-state index in [1.165, 1.54) is 4.68 Å². The van der Waals surface area contributed by atoms with E-state index in [9.17, 15) is 8.78 Å². The molecule has 0 radical (unpaired) electrons. The number of hydrogen-bond donors (Lipinski definition) is 1. The van der Waals surface area contributed by atoms with Gasteiger partial charge < -0.3 is 10.5 Å². The van der Waals surface area contributed by atoms with Gasteiger partial charge in [0.25, 0.3) is 0 Å². The van der Waals surface area contributed by atoms with Gasteiger partial charge in [-0.1, -0.05) is 12.2 Å². The number of alkyl halides is 2. The number of ether oxygens (including phenoxy) is 1. The van der Waals surface area contributed by atoms with E-state index >= 15 is 0 Å². The topological polar surface area (TPSA) is 53.1 Å². The molecule has 1 aromatic heterocycles. The summed E-state index contributed by atoms with van der Waals surface area (Å²) in [5.41, 5.74) is 10.7. The Morgan fingerprint density at radius 1 is 1.35 bits per heavy atom. The molecule has 0 bridgehead atoms. The molecule has 23 heavy (non-hydrogen) atoms. The zero-order chi connectivity index (χ0) is 17.5. The Labute approximate surface area is 146 Å². The Morgan fingerprint density at radius 3 is 2.48 bits per heavy atom. The summed E-state index contributed by atoms with van der Waals surface area (Å²) in [6.45, 7) is 2.82. The van der Waals surface area contributed by atoms with Crippen LogP contribution in [0.4, 0.5) is 8.78 Å². The molecule has 0 aliphatic rings. The van der Waals surface area contributed by atoms with Gasteiger partial charge in [0.15, 0.2) is 0 Å². The van der Waals surface area contributed by atoms with Crippen LogP contribution in [0.5, 0.6) is 5.88 Å². The van der Waals surface area contributed by atoms with Gasteiger partial charge in [-0.25, -0.2) is 4.68 Å². The standard InChI is InChI=1S/C15H16BrF2N3OS/c1-6-5-9(13(19)23)7(2)8(3)10(6)12-11(16)14(21(4)20-12)22-15(17)18/h5,15H,1-4H3,(H2,19,23). The van der Waals surface area contributed by atoms with Crippen LogP contribution in [0.25, 0.3) is 11.3 Å². The first kappa shape index (κ1) is 17.8. The molecule has 0 aliphatic carbocycles. The third-order valence-electron chi connectivity index (χ3n) is 3.74. The van der Waals surface area contributed by atoms with Crippen LogP contribution in [0.1, 0.15) is 22.3 Å². The van der Waals surface area contributed by atoms with Gasteiger partial charge in [-0.2, -0.15) is 13.9 Å². The summed E-state index contributed by atoms with van der Waals surface area (Å²) in [7, 11) is 1.55. The molecular formula is C15H16BrF2N3OS. The molecular weight excluding hydrogens is 388 g/mol. The fourth-order valence-corrected chi connectivity index (χ4v) is 3.40. The molecule has 0 saturated heterocycles. The number of nitrogens with zero attached hydrogens (tertiary/aromatic N) is 2. The number of thiocarbonyl (C=S) groups is 1. The molecule has 0 unspecified atom stereocenters. The summed E-state index contributed by atoms with van der Waals surface area (Å²) < 4.78 is 31.3. The normalized spacial score (nSPS) is 11.1. The first-order chi connectivity index (χ1) is 10.6. The molecule has 8 heteroatoms. The second kappa shape index (κ2) is 6.52. The maximum Gasteiger partial charge on any atom is 0.388 e. The minimum absolute atomic E-state index is 0.0233. The van der Waals surface area contributed by atoms with E-state index in [1.54, 1.807) is 7.05 Å². The number of rotatable bonds is 4. The summed E-state index contributed by atoms with van der Waals surface area (Å²) in [6.07, 6.45) is 0. The quantitative estimate of drug-likeness (QED) is 0.783. The summed E-state index contributed by atoms with van der Waals surface area (Å²) in [5.74, 6) is -0.0233. The van der Waals surface area contributed by atoms with Gasteiger partial charge in [-0.15, -0.1) is 0 Å². The van der Waals surface area contributed by atoms with Gasteiger partial charge in [-0.3, -0.25) is 0 Å². The maximum atomic E-state index is 12.5. The predicted molar refractivity (Wildman–Crippen MR) is 93.1 cm³/mol. The average molecular weight is 404 g/mol. The molecule has 4 nitrogen and oxygen atoms in total. The molecule has 0 atom stereocenters. The smallest absolute Gasteiger partial charge is 0.388 e. The van der Waals surface area contributed by atoms with Crippen molar-refractivity contribution < 1.29 is 13.5 Å². The van der Waals surface area contributed by atoms with Gasteiger partial charge in [0, 0.05) is 18.2 Å². The van der Waals surface area contributed by atoms with E-state index < -0.39 is 6.61 Å². The SMILES string of the molecule is Cc1cc(C(N)=S)c(C)c(C)c1-c1nn(C)c(OC(F)F)c1Br. The number of aryl methyl sites for hydroxylation is 2. The minimum atomic E-state index is -2.92. The molecule has 0 amide bonds. The van der Waals surface area contributed by atoms with Crippen LogP contribution < -0.4 is 10.5 Å². The lowest BCUT2D eigenvalue weighted by Crippen LogP contribution is -2.13. The van der Waals surface area contributed by atoms with Crippen LogP contribution >= 0.6 is 28.1 Å². The summed E-state index contributed by atoms with van der Waals surface area (Å²) in [4.78, 5) is 0.321. The lowest BCUT2D eigenvalue weighted by Gasteiger charge is -2.15. The van der Waals surface area contributed by atoms with Crippen molar-refractivity contribution in [1.29, 1.82) is 0 Å². The third-order valence-corrected chi connectivity index (χ3v) is 4.67. The second-order valence-corrected chi connectivity index (χ2v) is 6.43. The third kappa shape index (κ3) is 3.23. The van der Waals surface area contributed by atoms with E-state index in [0.717, 1.165) is 27.8 Å². The van der Waals surface area contributed by atoms with E-state index in [4.69, 9.17) is 18.0 Å². The highest BCUT2D eigenvalue weighted by atomic mass is 79.9. The monoisotopic (exact) mass is 403 g/mol. The molecule has 2 aromatic rings. The van der Waals surface area contributed by atoms with Crippen molar-refractivity contribution in [3.63, 3.8) is 0 Å². The average Bonchev–Trinajstić information content (AvgIpc) is 2.70. The predicted octanol–water partition coefficient (Wildman–Crippen LogP) is 4.01. The van der Waals surface area contributed by atoms with E-state index in [1.807, 2.05) is 26.8 Å². The molecule has 124 valence electrons. The van der Waals surface area contributed by atoms with Crippen molar-refractivity contribution >= 4 is 33.1 Å². The summed E-state index contributed by atoms with van der Waals surface area (Å²) in [5, 5.41) is 4.32. The molecule has 2 rings (SSSR count). The molecule has 1 aromatic carbocycles. The fourth-order valence-electron chi connectivity index (χ4n) is 2.56. The first-order valence-electron chi connectivity index (χ1n) is 6.73. The zero-order valence-corrected chi connectivity index (χ0v) is 15.5. The van der Waals surface area contributed by atoms with E-state index in [0.29, 0.717) is 15.2 Å². The van der Waals surface area contributed by atoms with Gasteiger partial charge in [0.05, 0.1) is 0 Å². The lowest BCUT2D eigenvalue weighted by atomic mass is 9.92. The van der Waals surface area contributed by atoms with Crippen LogP contribution in [-0.2, 0) is 7.05 Å². The zero-order valence-electron chi connectivity index (χ0n) is 13.1. The van der Waals surface area contributed by atoms with E-state index in [-0.39, 0.29) is 5.88 Å². The summed E-state index contributed by atoms with van der Waals surface area (Å²) >= 11 is 8.39. The van der Waals surface area contributed by atoms with Gasteiger partial charge >= 0.3 is 6.61 Å². The van der Waals surface area contributed by atoms with Crippen molar-refractivity contribution in [2.24, 2.45) is 12.8 Å². The first-order valence-corrected chi connectivity index (χ1v) is 7.93. The van der Waals surface area contributed by atoms with Gasteiger partial charge in [0.1, 0.15) is 15.2 Å². The molecule has 0 saturated carbocycles. The Hall–Kier alpha value is -1.54. The van der Waals surface area contributed by atoms with Crippen LogP contribution in [0.15, 0.2) is 10.5 Å². The Kier molecular flexibility index (Phi) is 5.05. The van der Waals surface area contributed by atoms with Crippen LogP contribution in [0.3, 0.4) is 0 Å². The highest BCUT2D eigenvalue weighted by Crippen LogP contribution is 2.39. The second-order valence-electron chi connectivity index (χ2n) is 5.20. The Bertz CT molecular complexity index is 790. The van der Waals surface area contributed by atoms with Gasteiger partial charge in [-0.05, 0) is 59.5 Å². The highest BCUT2D eigenvalue weighted by Gasteiger charge is 2.23. The summed E-state index contributed by atoms with van der Waals surface area (Å²) in [6, 6.07) is 1.88. The Balaban J connectivity index is 2.69. The van der Waals surface area contributed by atoms with Crippen LogP contribution in [0.2, 0.25) is 0 Å². The highest BCUT2D eigenvalue weighted by molar-refractivity contribution is 9.10. The van der Waals surface area contributed by atoms with Gasteiger partial charge in [0.2, 0.25) is 5.88 Å². The molecule has 0 aliphatic heterocycles. The molecule has 2 N–H and O–H groups in total.